The number of rotatable bonds is 5. The van der Waals surface area contributed by atoms with Gasteiger partial charge < -0.3 is 10.4 Å². The highest BCUT2D eigenvalue weighted by Crippen LogP contribution is 2.45. The average molecular weight is 271 g/mol. The third kappa shape index (κ3) is 4.11. The monoisotopic (exact) mass is 271 g/mol. The van der Waals surface area contributed by atoms with Crippen molar-refractivity contribution in [3.63, 3.8) is 0 Å². The summed E-state index contributed by atoms with van der Waals surface area (Å²) in [6.45, 7) is 1.46. The molecule has 4 atom stereocenters. The van der Waals surface area contributed by atoms with Gasteiger partial charge in [-0.2, -0.15) is 4.89 Å². The van der Waals surface area contributed by atoms with E-state index in [1.54, 1.807) is 0 Å². The van der Waals surface area contributed by atoms with E-state index in [2.05, 4.69) is 9.84 Å². The van der Waals surface area contributed by atoms with Crippen LogP contribution < -0.4 is 5.32 Å². The van der Waals surface area contributed by atoms with Gasteiger partial charge in [0.25, 0.3) is 0 Å². The van der Waals surface area contributed by atoms with Crippen LogP contribution in [0.25, 0.3) is 0 Å². The number of piperidine rings is 1. The van der Waals surface area contributed by atoms with Crippen LogP contribution in [0.1, 0.15) is 19.3 Å². The second kappa shape index (κ2) is 6.07. The molecule has 1 saturated heterocycles. The molecule has 0 saturated carbocycles. The highest BCUT2D eigenvalue weighted by atomic mass is 31.1. The van der Waals surface area contributed by atoms with Gasteiger partial charge in [-0.1, -0.05) is 0 Å². The SMILES string of the molecule is O=[P+](O)OC(O)(CC1CCCNC1)[P+](=O)O. The van der Waals surface area contributed by atoms with E-state index >= 15 is 0 Å². The Morgan fingerprint density at radius 2 is 2.12 bits per heavy atom. The molecule has 0 aromatic heterocycles. The van der Waals surface area contributed by atoms with E-state index in [-0.39, 0.29) is 12.3 Å². The summed E-state index contributed by atoms with van der Waals surface area (Å²) < 4.78 is 25.7. The van der Waals surface area contributed by atoms with Crippen molar-refractivity contribution in [2.45, 2.75) is 24.8 Å². The van der Waals surface area contributed by atoms with Crippen molar-refractivity contribution in [2.24, 2.45) is 5.92 Å². The minimum Gasteiger partial charge on any atom is -0.321 e. The van der Waals surface area contributed by atoms with Gasteiger partial charge in [0.2, 0.25) is 0 Å². The molecule has 1 rings (SSSR count). The third-order valence-corrected chi connectivity index (χ3v) is 3.95. The molecular weight excluding hydrogens is 256 g/mol. The van der Waals surface area contributed by atoms with Crippen LogP contribution in [0.3, 0.4) is 0 Å². The van der Waals surface area contributed by atoms with Gasteiger partial charge in [-0.3, -0.25) is 0 Å². The first-order valence-corrected chi connectivity index (χ1v) is 7.23. The fourth-order valence-corrected chi connectivity index (χ4v) is 2.98. The van der Waals surface area contributed by atoms with Crippen LogP contribution in [0, 0.1) is 5.92 Å². The summed E-state index contributed by atoms with van der Waals surface area (Å²) in [6.07, 6.45) is 1.55. The number of aliphatic hydroxyl groups is 1. The first kappa shape index (κ1) is 14.1. The number of nitrogens with one attached hydrogen (secondary N) is 1. The molecule has 0 aromatic rings. The summed E-state index contributed by atoms with van der Waals surface area (Å²) in [5.41, 5.74) is -2.43. The molecule has 1 fully saturated rings. The molecule has 0 aliphatic carbocycles. The Morgan fingerprint density at radius 1 is 1.44 bits per heavy atom. The van der Waals surface area contributed by atoms with Crippen molar-refractivity contribution in [3.8, 4) is 0 Å². The Balaban J connectivity index is 2.62. The Bertz CT molecular complexity index is 282. The predicted molar refractivity (Wildman–Crippen MR) is 55.9 cm³/mol. The first-order chi connectivity index (χ1) is 7.44. The highest BCUT2D eigenvalue weighted by molar-refractivity contribution is 7.41. The molecule has 4 N–H and O–H groups in total. The smallest absolute Gasteiger partial charge is 0.321 e. The van der Waals surface area contributed by atoms with Crippen LogP contribution in [0.5, 0.6) is 0 Å². The van der Waals surface area contributed by atoms with Gasteiger partial charge >= 0.3 is 21.8 Å². The molecule has 7 nitrogen and oxygen atoms in total. The van der Waals surface area contributed by atoms with E-state index in [4.69, 9.17) is 9.79 Å². The summed E-state index contributed by atoms with van der Waals surface area (Å²) >= 11 is 0. The lowest BCUT2D eigenvalue weighted by Gasteiger charge is -2.23. The molecule has 0 spiro atoms. The zero-order valence-corrected chi connectivity index (χ0v) is 10.4. The van der Waals surface area contributed by atoms with Gasteiger partial charge in [0.05, 0.1) is 6.42 Å². The standard InChI is InChI=1S/C7H13NO6P2/c9-7(15(10)11,14-16(12)13)4-6-2-1-3-8-5-6/h6,8-9H,1-5H2/p+2. The molecule has 9 heteroatoms. The minimum atomic E-state index is -3.11. The Morgan fingerprint density at radius 3 is 2.56 bits per heavy atom. The van der Waals surface area contributed by atoms with E-state index in [0.717, 1.165) is 19.4 Å². The van der Waals surface area contributed by atoms with Crippen molar-refractivity contribution >= 4 is 16.3 Å². The van der Waals surface area contributed by atoms with Gasteiger partial charge in [0.15, 0.2) is 0 Å². The minimum absolute atomic E-state index is 0.0419. The molecule has 1 aliphatic rings. The summed E-state index contributed by atoms with van der Waals surface area (Å²) in [6, 6.07) is 0. The molecular formula is C7H15NO6P2+2. The molecule has 0 bridgehead atoms. The molecule has 1 heterocycles. The van der Waals surface area contributed by atoms with Crippen LogP contribution in [0.4, 0.5) is 0 Å². The molecule has 0 radical (unpaired) electrons. The molecule has 1 aliphatic heterocycles. The lowest BCUT2D eigenvalue weighted by molar-refractivity contribution is -0.0855. The van der Waals surface area contributed by atoms with Crippen LogP contribution in [0.2, 0.25) is 0 Å². The maximum Gasteiger partial charge on any atom is 0.702 e. The maximum absolute atomic E-state index is 10.9. The molecule has 4 unspecified atom stereocenters. The van der Waals surface area contributed by atoms with E-state index in [0.29, 0.717) is 6.54 Å². The highest BCUT2D eigenvalue weighted by Gasteiger charge is 2.58. The number of hydrogen-bond donors (Lipinski definition) is 4. The van der Waals surface area contributed by atoms with E-state index in [1.165, 1.54) is 0 Å². The lowest BCUT2D eigenvalue weighted by Crippen LogP contribution is -2.36. The number of hydrogen-bond acceptors (Lipinski definition) is 5. The van der Waals surface area contributed by atoms with E-state index in [9.17, 15) is 14.2 Å². The average Bonchev–Trinajstić information content (AvgIpc) is 2.17. The molecule has 16 heavy (non-hydrogen) atoms. The van der Waals surface area contributed by atoms with Crippen LogP contribution in [-0.2, 0) is 13.7 Å². The summed E-state index contributed by atoms with van der Waals surface area (Å²) in [5, 5.41) is 12.8. The van der Waals surface area contributed by atoms with Crippen LogP contribution >= 0.6 is 16.3 Å². The molecule has 0 amide bonds. The zero-order chi connectivity index (χ0) is 12.2. The second-order valence-corrected chi connectivity index (χ2v) is 5.66. The van der Waals surface area contributed by atoms with Gasteiger partial charge in [0, 0.05) is 4.57 Å². The molecule has 0 aromatic carbocycles. The predicted octanol–water partition coefficient (Wildman–Crippen LogP) is 0.423. The third-order valence-electron chi connectivity index (χ3n) is 2.48. The Hall–Kier alpha value is -0.0000000000000000486. The Kier molecular flexibility index (Phi) is 5.34. The summed E-state index contributed by atoms with van der Waals surface area (Å²) in [5.74, 6) is -0.0419. The quantitative estimate of drug-likeness (QED) is 0.423. The maximum atomic E-state index is 10.9. The van der Waals surface area contributed by atoms with Crippen LogP contribution in [-0.4, -0.2) is 33.5 Å². The fraction of sp³-hybridized carbons (Fsp3) is 1.00. The Labute approximate surface area is 94.6 Å². The van der Waals surface area contributed by atoms with Crippen LogP contribution in [0.15, 0.2) is 0 Å². The van der Waals surface area contributed by atoms with E-state index in [1.807, 2.05) is 0 Å². The first-order valence-electron chi connectivity index (χ1n) is 4.88. The summed E-state index contributed by atoms with van der Waals surface area (Å²) in [7, 11) is -6.20. The topological polar surface area (TPSA) is 116 Å². The van der Waals surface area contributed by atoms with Gasteiger partial charge in [0.1, 0.15) is 0 Å². The van der Waals surface area contributed by atoms with Gasteiger partial charge in [-0.15, -0.1) is 4.89 Å². The van der Waals surface area contributed by atoms with Crippen molar-refractivity contribution in [3.05, 3.63) is 0 Å². The lowest BCUT2D eigenvalue weighted by atomic mass is 9.96. The zero-order valence-electron chi connectivity index (χ0n) is 8.57. The normalized spacial score (nSPS) is 27.1. The largest absolute Gasteiger partial charge is 0.702 e. The van der Waals surface area contributed by atoms with Gasteiger partial charge in [-0.25, -0.2) is 0 Å². The fourth-order valence-electron chi connectivity index (χ4n) is 1.75. The van der Waals surface area contributed by atoms with Crippen molar-refractivity contribution < 1.29 is 28.5 Å². The second-order valence-electron chi connectivity index (χ2n) is 3.76. The molecule has 92 valence electrons. The van der Waals surface area contributed by atoms with Gasteiger partial charge in [-0.05, 0) is 40.9 Å². The van der Waals surface area contributed by atoms with Crippen molar-refractivity contribution in [1.82, 2.24) is 5.32 Å². The van der Waals surface area contributed by atoms with Crippen molar-refractivity contribution in [2.75, 3.05) is 13.1 Å². The van der Waals surface area contributed by atoms with E-state index < -0.39 is 21.8 Å². The summed E-state index contributed by atoms with van der Waals surface area (Å²) in [4.78, 5) is 17.5. The van der Waals surface area contributed by atoms with Crippen molar-refractivity contribution in [1.29, 1.82) is 0 Å².